The van der Waals surface area contributed by atoms with Gasteiger partial charge in [0.2, 0.25) is 11.9 Å². The van der Waals surface area contributed by atoms with Crippen LogP contribution < -0.4 is 11.1 Å². The Balaban J connectivity index is 1.98. The van der Waals surface area contributed by atoms with Crippen molar-refractivity contribution in [1.82, 2.24) is 19.7 Å². The van der Waals surface area contributed by atoms with E-state index in [4.69, 9.17) is 17.3 Å². The van der Waals surface area contributed by atoms with Gasteiger partial charge in [0, 0.05) is 0 Å². The van der Waals surface area contributed by atoms with Crippen LogP contribution in [-0.4, -0.2) is 25.7 Å². The van der Waals surface area contributed by atoms with Crippen molar-refractivity contribution >= 4 is 29.3 Å². The number of pyridine rings is 1. The van der Waals surface area contributed by atoms with E-state index in [1.165, 1.54) is 11.0 Å². The number of nitrogen functional groups attached to an aromatic ring is 1. The van der Waals surface area contributed by atoms with Crippen LogP contribution in [0.2, 0.25) is 5.15 Å². The zero-order chi connectivity index (χ0) is 12.3. The predicted octanol–water partition coefficient (Wildman–Crippen LogP) is 0.547. The molecule has 0 radical (unpaired) electrons. The fourth-order valence-corrected chi connectivity index (χ4v) is 1.36. The molecule has 2 heterocycles. The van der Waals surface area contributed by atoms with E-state index in [0.717, 1.165) is 0 Å². The Morgan fingerprint density at radius 2 is 2.35 bits per heavy atom. The van der Waals surface area contributed by atoms with Crippen molar-refractivity contribution < 1.29 is 4.79 Å². The zero-order valence-electron chi connectivity index (χ0n) is 8.67. The largest absolute Gasteiger partial charge is 0.367 e. The van der Waals surface area contributed by atoms with Gasteiger partial charge in [-0.3, -0.25) is 4.79 Å². The molecule has 0 bridgehead atoms. The van der Waals surface area contributed by atoms with E-state index in [-0.39, 0.29) is 18.4 Å². The minimum absolute atomic E-state index is 0.0123. The number of nitrogens with one attached hydrogen (secondary N) is 1. The minimum atomic E-state index is -0.287. The molecule has 2 aromatic rings. The van der Waals surface area contributed by atoms with E-state index >= 15 is 0 Å². The van der Waals surface area contributed by atoms with E-state index in [2.05, 4.69) is 20.4 Å². The smallest absolute Gasteiger partial charge is 0.247 e. The van der Waals surface area contributed by atoms with Gasteiger partial charge in [-0.05, 0) is 12.1 Å². The lowest BCUT2D eigenvalue weighted by Crippen LogP contribution is -2.19. The van der Waals surface area contributed by atoms with Gasteiger partial charge in [-0.2, -0.15) is 0 Å². The van der Waals surface area contributed by atoms with Crippen molar-refractivity contribution in [3.63, 3.8) is 0 Å². The number of hydrogen-bond acceptors (Lipinski definition) is 5. The maximum Gasteiger partial charge on any atom is 0.247 e. The van der Waals surface area contributed by atoms with Gasteiger partial charge in [0.15, 0.2) is 0 Å². The number of carbonyl (C=O) groups excluding carboxylic acids is 1. The summed E-state index contributed by atoms with van der Waals surface area (Å²) >= 11 is 5.69. The molecule has 7 nitrogen and oxygen atoms in total. The first-order valence-corrected chi connectivity index (χ1v) is 5.08. The molecule has 0 atom stereocenters. The van der Waals surface area contributed by atoms with Crippen LogP contribution in [-0.2, 0) is 11.3 Å². The summed E-state index contributed by atoms with van der Waals surface area (Å²) in [4.78, 5) is 19.2. The number of halogens is 1. The van der Waals surface area contributed by atoms with E-state index in [1.54, 1.807) is 18.2 Å². The highest BCUT2D eigenvalue weighted by atomic mass is 35.5. The average molecular weight is 253 g/mol. The van der Waals surface area contributed by atoms with Crippen LogP contribution in [0.15, 0.2) is 24.5 Å². The van der Waals surface area contributed by atoms with Crippen LogP contribution in [0.4, 0.5) is 11.8 Å². The summed E-state index contributed by atoms with van der Waals surface area (Å²) in [7, 11) is 0. The molecule has 0 aliphatic rings. The van der Waals surface area contributed by atoms with Gasteiger partial charge < -0.3 is 11.1 Å². The second-order valence-corrected chi connectivity index (χ2v) is 3.58. The molecule has 0 aromatic carbocycles. The number of aromatic nitrogens is 4. The Bertz CT molecular complexity index is 540. The molecule has 0 saturated heterocycles. The lowest BCUT2D eigenvalue weighted by Gasteiger charge is -2.03. The first kappa shape index (κ1) is 11.3. The topological polar surface area (TPSA) is 98.7 Å². The van der Waals surface area contributed by atoms with E-state index < -0.39 is 0 Å². The first-order valence-electron chi connectivity index (χ1n) is 4.71. The molecule has 0 spiro atoms. The normalized spacial score (nSPS) is 10.2. The van der Waals surface area contributed by atoms with Crippen LogP contribution in [0.5, 0.6) is 0 Å². The van der Waals surface area contributed by atoms with E-state index in [0.29, 0.717) is 11.0 Å². The average Bonchev–Trinajstić information content (AvgIpc) is 2.63. The molecule has 1 amide bonds. The molecule has 88 valence electrons. The molecular weight excluding hydrogens is 244 g/mol. The molecule has 2 aromatic heterocycles. The van der Waals surface area contributed by atoms with Gasteiger partial charge in [-0.15, -0.1) is 5.10 Å². The molecule has 3 N–H and O–H groups in total. The predicted molar refractivity (Wildman–Crippen MR) is 62.3 cm³/mol. The molecule has 2 rings (SSSR count). The number of anilines is 2. The summed E-state index contributed by atoms with van der Waals surface area (Å²) in [6.07, 6.45) is 1.38. The fraction of sp³-hybridized carbons (Fsp3) is 0.111. The summed E-state index contributed by atoms with van der Waals surface area (Å²) in [6, 6.07) is 4.95. The third-order valence-electron chi connectivity index (χ3n) is 1.84. The lowest BCUT2D eigenvalue weighted by molar-refractivity contribution is -0.116. The lowest BCUT2D eigenvalue weighted by atomic mass is 10.4. The molecule has 0 aliphatic heterocycles. The highest BCUT2D eigenvalue weighted by Gasteiger charge is 2.06. The van der Waals surface area contributed by atoms with Gasteiger partial charge in [0.05, 0.1) is 0 Å². The highest BCUT2D eigenvalue weighted by Crippen LogP contribution is 2.08. The number of nitrogens with zero attached hydrogens (tertiary/aromatic N) is 4. The van der Waals surface area contributed by atoms with Crippen molar-refractivity contribution in [3.05, 3.63) is 29.7 Å². The Morgan fingerprint density at radius 1 is 1.53 bits per heavy atom. The Morgan fingerprint density at radius 3 is 3.00 bits per heavy atom. The summed E-state index contributed by atoms with van der Waals surface area (Å²) in [6.45, 7) is 0.0123. The molecule has 8 heteroatoms. The Kier molecular flexibility index (Phi) is 3.20. The van der Waals surface area contributed by atoms with Gasteiger partial charge in [0.1, 0.15) is 23.8 Å². The number of carbonyl (C=O) groups is 1. The van der Waals surface area contributed by atoms with Crippen molar-refractivity contribution in [2.75, 3.05) is 11.1 Å². The van der Waals surface area contributed by atoms with E-state index in [9.17, 15) is 4.79 Å². The van der Waals surface area contributed by atoms with Gasteiger partial charge in [-0.1, -0.05) is 17.7 Å². The van der Waals surface area contributed by atoms with Crippen molar-refractivity contribution in [3.8, 4) is 0 Å². The molecule has 17 heavy (non-hydrogen) atoms. The van der Waals surface area contributed by atoms with Gasteiger partial charge >= 0.3 is 0 Å². The van der Waals surface area contributed by atoms with Crippen LogP contribution in [0, 0.1) is 0 Å². The highest BCUT2D eigenvalue weighted by molar-refractivity contribution is 6.29. The third-order valence-corrected chi connectivity index (χ3v) is 2.05. The minimum Gasteiger partial charge on any atom is -0.367 e. The van der Waals surface area contributed by atoms with E-state index in [1.807, 2.05) is 0 Å². The fourth-order valence-electron chi connectivity index (χ4n) is 1.19. The quantitative estimate of drug-likeness (QED) is 0.777. The van der Waals surface area contributed by atoms with Crippen LogP contribution in [0.1, 0.15) is 0 Å². The second kappa shape index (κ2) is 4.79. The maximum absolute atomic E-state index is 11.6. The molecule has 0 saturated carbocycles. The maximum atomic E-state index is 11.6. The summed E-state index contributed by atoms with van der Waals surface area (Å²) in [5, 5.41) is 6.68. The van der Waals surface area contributed by atoms with Crippen molar-refractivity contribution in [2.24, 2.45) is 0 Å². The molecule has 0 unspecified atom stereocenters. The van der Waals surface area contributed by atoms with Crippen molar-refractivity contribution in [1.29, 1.82) is 0 Å². The summed E-state index contributed by atoms with van der Waals surface area (Å²) in [5.74, 6) is 0.221. The monoisotopic (exact) mass is 252 g/mol. The summed E-state index contributed by atoms with van der Waals surface area (Å²) in [5.41, 5.74) is 5.32. The SMILES string of the molecule is Nc1ncn(CC(=O)Nc2cccc(Cl)n2)n1. The number of hydrogen-bond donors (Lipinski definition) is 2. The Labute approximate surface area is 102 Å². The third kappa shape index (κ3) is 3.15. The van der Waals surface area contributed by atoms with Crippen LogP contribution >= 0.6 is 11.6 Å². The van der Waals surface area contributed by atoms with Gasteiger partial charge in [-0.25, -0.2) is 14.6 Å². The number of rotatable bonds is 3. The van der Waals surface area contributed by atoms with Crippen molar-refractivity contribution in [2.45, 2.75) is 6.54 Å². The standard InChI is InChI=1S/C9H9ClN6O/c10-6-2-1-3-7(13-6)14-8(17)4-16-5-12-9(11)15-16/h1-3,5H,4H2,(H2,11,15)(H,13,14,17). The number of amides is 1. The van der Waals surface area contributed by atoms with Gasteiger partial charge in [0.25, 0.3) is 0 Å². The first-order chi connectivity index (χ1) is 8.13. The Hall–Kier alpha value is -2.15. The molecular formula is C9H9ClN6O. The zero-order valence-corrected chi connectivity index (χ0v) is 9.42. The second-order valence-electron chi connectivity index (χ2n) is 3.19. The number of nitrogens with two attached hydrogens (primary N) is 1. The van der Waals surface area contributed by atoms with Crippen LogP contribution in [0.25, 0.3) is 0 Å². The summed E-state index contributed by atoms with van der Waals surface area (Å²) < 4.78 is 1.33. The molecule has 0 fully saturated rings. The van der Waals surface area contributed by atoms with Crippen LogP contribution in [0.3, 0.4) is 0 Å². The molecule has 0 aliphatic carbocycles.